The van der Waals surface area contributed by atoms with Crippen molar-refractivity contribution in [2.24, 2.45) is 0 Å². The molecule has 0 fully saturated rings. The number of benzene rings is 1. The fourth-order valence-corrected chi connectivity index (χ4v) is 1.24. The van der Waals surface area contributed by atoms with Crippen molar-refractivity contribution in [3.63, 3.8) is 0 Å². The number of rotatable bonds is 1. The van der Waals surface area contributed by atoms with Crippen LogP contribution in [0.15, 0.2) is 54.9 Å². The van der Waals surface area contributed by atoms with Crippen molar-refractivity contribution in [2.45, 2.75) is 0 Å². The van der Waals surface area contributed by atoms with Gasteiger partial charge in [0, 0.05) is 18.2 Å². The van der Waals surface area contributed by atoms with E-state index in [1.807, 2.05) is 53.4 Å². The Morgan fingerprint density at radius 2 is 1.33 bits per heavy atom. The Balaban J connectivity index is 0.000000280. The van der Waals surface area contributed by atoms with E-state index < -0.39 is 10.2 Å². The van der Waals surface area contributed by atoms with Crippen LogP contribution in [0.25, 0.3) is 5.69 Å². The Hall–Kier alpha value is -1.70. The minimum Gasteiger partial charge on any atom is -0.502 e. The first-order valence-corrected chi connectivity index (χ1v) is 5.98. The first-order chi connectivity index (χ1) is 8.38. The van der Waals surface area contributed by atoms with Crippen LogP contribution in [-0.4, -0.2) is 5.11 Å². The van der Waals surface area contributed by atoms with Crippen LogP contribution < -0.4 is 23.2 Å². The first kappa shape index (κ1) is 14.4. The lowest BCUT2D eigenvalue weighted by molar-refractivity contribution is -2.00. The third kappa shape index (κ3) is 5.58. The molecule has 0 saturated heterocycles. The summed E-state index contributed by atoms with van der Waals surface area (Å²) in [6.07, 6.45) is 3.80. The third-order valence-electron chi connectivity index (χ3n) is 1.88. The maximum absolute atomic E-state index is 9.54. The number of hydrogen-bond donors (Lipinski definition) is 1. The zero-order chi connectivity index (χ0) is 13.6. The molecule has 7 heteroatoms. The molecule has 0 aliphatic heterocycles. The van der Waals surface area contributed by atoms with Gasteiger partial charge in [0.05, 0.1) is 0 Å². The minimum absolute atomic E-state index is 0.290. The number of aromatic hydroxyl groups is 1. The van der Waals surface area contributed by atoms with Gasteiger partial charge in [-0.15, -0.1) is 10.2 Å². The van der Waals surface area contributed by atoms with Crippen molar-refractivity contribution in [1.82, 2.24) is 0 Å². The summed E-state index contributed by atoms with van der Waals surface area (Å²) < 4.78 is 35.8. The van der Waals surface area contributed by atoms with E-state index in [-0.39, 0.29) is 0 Å². The maximum Gasteiger partial charge on any atom is 0.252 e. The second-order valence-corrected chi connectivity index (χ2v) is 3.91. The van der Waals surface area contributed by atoms with Gasteiger partial charge in [-0.3, -0.25) is 0 Å². The van der Waals surface area contributed by atoms with E-state index in [4.69, 9.17) is 18.6 Å². The number of halogens is 1. The molecule has 0 amide bonds. The molecule has 0 aliphatic rings. The smallest absolute Gasteiger partial charge is 0.252 e. The highest BCUT2D eigenvalue weighted by Gasteiger charge is 2.08. The van der Waals surface area contributed by atoms with Gasteiger partial charge in [-0.2, -0.15) is 4.57 Å². The quantitative estimate of drug-likeness (QED) is 0.552. The zero-order valence-corrected chi connectivity index (χ0v) is 9.86. The van der Waals surface area contributed by atoms with Crippen LogP contribution in [0, 0.1) is 10.2 Å². The Morgan fingerprint density at radius 1 is 0.833 bits per heavy atom. The van der Waals surface area contributed by atoms with Crippen molar-refractivity contribution in [3.05, 3.63) is 54.9 Å². The molecule has 0 aliphatic carbocycles. The van der Waals surface area contributed by atoms with E-state index in [1.54, 1.807) is 6.07 Å². The number of phenols is 1. The van der Waals surface area contributed by atoms with Gasteiger partial charge in [-0.1, -0.05) is 18.2 Å². The summed E-state index contributed by atoms with van der Waals surface area (Å²) in [6, 6.07) is 13.0. The summed E-state index contributed by atoms with van der Waals surface area (Å²) in [5.74, 6) is 0.290. The third-order valence-corrected chi connectivity index (χ3v) is 1.88. The molecular formula is C11H10ClNO5. The van der Waals surface area contributed by atoms with Crippen LogP contribution in [0.3, 0.4) is 0 Å². The van der Waals surface area contributed by atoms with Crippen LogP contribution in [0.4, 0.5) is 0 Å². The van der Waals surface area contributed by atoms with Crippen molar-refractivity contribution in [1.29, 1.82) is 0 Å². The number of nitrogens with zero attached hydrogens (tertiary/aromatic N) is 1. The largest absolute Gasteiger partial charge is 0.502 e. The highest BCUT2D eigenvalue weighted by molar-refractivity contribution is 5.38. The van der Waals surface area contributed by atoms with E-state index >= 15 is 0 Å². The lowest BCUT2D eigenvalue weighted by Gasteiger charge is -2.17. The molecule has 2 aromatic rings. The zero-order valence-electron chi connectivity index (χ0n) is 9.10. The van der Waals surface area contributed by atoms with E-state index in [1.165, 1.54) is 0 Å². The van der Waals surface area contributed by atoms with Crippen LogP contribution in [0.5, 0.6) is 5.75 Å². The van der Waals surface area contributed by atoms with Gasteiger partial charge in [0.25, 0.3) is 5.69 Å². The predicted octanol–water partition coefficient (Wildman–Crippen LogP) is -3.09. The molecule has 0 saturated carbocycles. The molecule has 0 unspecified atom stereocenters. The SMILES string of the molecule is Oc1ccccc1-[n+]1ccccc1.[O-][Cl+3]([O-])([O-])[O-]. The topological polar surface area (TPSA) is 116 Å². The highest BCUT2D eigenvalue weighted by Crippen LogP contribution is 2.14. The van der Waals surface area contributed by atoms with Gasteiger partial charge in [-0.05, 0) is 6.07 Å². The minimum atomic E-state index is -4.94. The molecule has 18 heavy (non-hydrogen) atoms. The van der Waals surface area contributed by atoms with Gasteiger partial charge in [-0.25, -0.2) is 18.6 Å². The number of para-hydroxylation sites is 2. The molecule has 1 aromatic carbocycles. The lowest BCUT2D eigenvalue weighted by Crippen LogP contribution is -2.68. The molecule has 1 aromatic heterocycles. The molecular weight excluding hydrogens is 262 g/mol. The second kappa shape index (κ2) is 6.29. The summed E-state index contributed by atoms with van der Waals surface area (Å²) in [7, 11) is -4.94. The summed E-state index contributed by atoms with van der Waals surface area (Å²) in [5, 5.41) is 9.54. The number of phenolic OH excluding ortho intramolecular Hbond substituents is 1. The Labute approximate surface area is 105 Å². The Bertz CT molecular complexity index is 480. The molecule has 1 heterocycles. The van der Waals surface area contributed by atoms with Crippen molar-refractivity contribution in [3.8, 4) is 11.4 Å². The number of pyridine rings is 1. The summed E-state index contributed by atoms with van der Waals surface area (Å²) in [6.45, 7) is 0. The molecule has 6 nitrogen and oxygen atoms in total. The average molecular weight is 272 g/mol. The van der Waals surface area contributed by atoms with Gasteiger partial charge in [0.15, 0.2) is 18.1 Å². The molecule has 0 bridgehead atoms. The molecule has 2 rings (SSSR count). The van der Waals surface area contributed by atoms with E-state index in [9.17, 15) is 5.11 Å². The molecule has 0 atom stereocenters. The van der Waals surface area contributed by atoms with Crippen LogP contribution >= 0.6 is 0 Å². The summed E-state index contributed by atoms with van der Waals surface area (Å²) >= 11 is 0. The number of hydrogen-bond acceptors (Lipinski definition) is 5. The van der Waals surface area contributed by atoms with Gasteiger partial charge >= 0.3 is 0 Å². The fourth-order valence-electron chi connectivity index (χ4n) is 1.24. The van der Waals surface area contributed by atoms with Crippen molar-refractivity contribution >= 4 is 0 Å². The lowest BCUT2D eigenvalue weighted by atomic mass is 10.3. The maximum atomic E-state index is 9.54. The van der Waals surface area contributed by atoms with E-state index in [0.717, 1.165) is 5.69 Å². The van der Waals surface area contributed by atoms with Crippen LogP contribution in [0.2, 0.25) is 0 Å². The summed E-state index contributed by atoms with van der Waals surface area (Å²) in [4.78, 5) is 0. The standard InChI is InChI=1S/C11H9NO.ClHO4/c13-11-7-3-2-6-10(11)12-8-4-1-5-9-12;2-1(3,4)5/h1-9H;(H,2,3,4,5). The molecule has 1 N–H and O–H groups in total. The average Bonchev–Trinajstić information content (AvgIpc) is 2.29. The van der Waals surface area contributed by atoms with Crippen molar-refractivity contribution < 1.29 is 38.6 Å². The van der Waals surface area contributed by atoms with Crippen LogP contribution in [-0.2, 0) is 0 Å². The van der Waals surface area contributed by atoms with Gasteiger partial charge in [0.2, 0.25) is 0 Å². The molecule has 96 valence electrons. The summed E-state index contributed by atoms with van der Waals surface area (Å²) in [5.41, 5.74) is 0.795. The molecule has 0 radical (unpaired) electrons. The number of aromatic nitrogens is 1. The van der Waals surface area contributed by atoms with E-state index in [2.05, 4.69) is 0 Å². The highest BCUT2D eigenvalue weighted by atomic mass is 35.7. The Kier molecular flexibility index (Phi) is 5.02. The normalized spacial score (nSPS) is 10.4. The van der Waals surface area contributed by atoms with Crippen molar-refractivity contribution in [2.75, 3.05) is 0 Å². The first-order valence-electron chi connectivity index (χ1n) is 4.74. The van der Waals surface area contributed by atoms with Crippen LogP contribution in [0.1, 0.15) is 0 Å². The fraction of sp³-hybridized carbons (Fsp3) is 0. The monoisotopic (exact) mass is 271 g/mol. The molecule has 0 spiro atoms. The second-order valence-electron chi connectivity index (χ2n) is 3.15. The predicted molar refractivity (Wildman–Crippen MR) is 49.6 cm³/mol. The van der Waals surface area contributed by atoms with Gasteiger partial charge < -0.3 is 5.11 Å². The van der Waals surface area contributed by atoms with E-state index in [0.29, 0.717) is 5.75 Å². The Morgan fingerprint density at radius 3 is 1.83 bits per heavy atom. The van der Waals surface area contributed by atoms with Gasteiger partial charge in [0.1, 0.15) is 0 Å².